The standard InChI is InChI=1S/C14H20F3N3OS/c1-19(2)13(21)7-10-3-5-20(6-4-10)9-12-18-8-11(22-12)14(15,16)17/h8,10H,3-7,9H2,1-2H3. The van der Waals surface area contributed by atoms with Crippen molar-refractivity contribution < 1.29 is 18.0 Å². The van der Waals surface area contributed by atoms with Gasteiger partial charge in [0, 0.05) is 20.5 Å². The maximum absolute atomic E-state index is 12.5. The molecule has 0 spiro atoms. The lowest BCUT2D eigenvalue weighted by Crippen LogP contribution is -2.35. The summed E-state index contributed by atoms with van der Waals surface area (Å²) in [5.41, 5.74) is 0. The Bertz CT molecular complexity index is 508. The van der Waals surface area contributed by atoms with E-state index in [-0.39, 0.29) is 5.91 Å². The van der Waals surface area contributed by atoms with Gasteiger partial charge in [-0.05, 0) is 31.8 Å². The molecule has 4 nitrogen and oxygen atoms in total. The second-order valence-corrected chi connectivity index (χ2v) is 6.94. The summed E-state index contributed by atoms with van der Waals surface area (Å²) in [6.07, 6.45) is -1.05. The second-order valence-electron chi connectivity index (χ2n) is 5.83. The molecule has 2 rings (SSSR count). The number of halogens is 3. The smallest absolute Gasteiger partial charge is 0.349 e. The first-order valence-corrected chi connectivity index (χ1v) is 8.01. The Morgan fingerprint density at radius 1 is 1.41 bits per heavy atom. The highest BCUT2D eigenvalue weighted by Gasteiger charge is 2.33. The molecule has 1 amide bonds. The number of nitrogens with zero attached hydrogens (tertiary/aromatic N) is 3. The van der Waals surface area contributed by atoms with Gasteiger partial charge in [0.15, 0.2) is 0 Å². The highest BCUT2D eigenvalue weighted by molar-refractivity contribution is 7.11. The van der Waals surface area contributed by atoms with E-state index < -0.39 is 11.1 Å². The third-order valence-corrected chi connectivity index (χ3v) is 4.89. The van der Waals surface area contributed by atoms with Crippen molar-refractivity contribution in [2.24, 2.45) is 5.92 Å². The van der Waals surface area contributed by atoms with E-state index >= 15 is 0 Å². The maximum Gasteiger partial charge on any atom is 0.427 e. The number of likely N-dealkylation sites (tertiary alicyclic amines) is 1. The van der Waals surface area contributed by atoms with Crippen LogP contribution in [-0.4, -0.2) is 47.9 Å². The first-order valence-electron chi connectivity index (χ1n) is 7.20. The molecular weight excluding hydrogens is 315 g/mol. The lowest BCUT2D eigenvalue weighted by atomic mass is 9.93. The van der Waals surface area contributed by atoms with E-state index in [0.29, 0.717) is 35.2 Å². The van der Waals surface area contributed by atoms with Crippen LogP contribution in [0.25, 0.3) is 0 Å². The van der Waals surface area contributed by atoms with Crippen molar-refractivity contribution in [3.63, 3.8) is 0 Å². The minimum absolute atomic E-state index is 0.133. The molecule has 8 heteroatoms. The zero-order chi connectivity index (χ0) is 16.3. The van der Waals surface area contributed by atoms with Crippen LogP contribution >= 0.6 is 11.3 Å². The third kappa shape index (κ3) is 4.67. The van der Waals surface area contributed by atoms with Gasteiger partial charge in [0.25, 0.3) is 0 Å². The molecule has 22 heavy (non-hydrogen) atoms. The SMILES string of the molecule is CN(C)C(=O)CC1CCN(Cc2ncc(C(F)(F)F)s2)CC1. The number of carbonyl (C=O) groups excluding carboxylic acids is 1. The largest absolute Gasteiger partial charge is 0.427 e. The summed E-state index contributed by atoms with van der Waals surface area (Å²) in [5, 5.41) is 0.496. The van der Waals surface area contributed by atoms with E-state index in [1.807, 2.05) is 0 Å². The molecule has 0 radical (unpaired) electrons. The predicted octanol–water partition coefficient (Wildman–Crippen LogP) is 2.85. The number of thiazole rings is 1. The zero-order valence-electron chi connectivity index (χ0n) is 12.7. The number of hydrogen-bond acceptors (Lipinski definition) is 4. The topological polar surface area (TPSA) is 36.4 Å². The molecular formula is C14H20F3N3OS. The summed E-state index contributed by atoms with van der Waals surface area (Å²) in [7, 11) is 3.50. The van der Waals surface area contributed by atoms with Gasteiger partial charge in [-0.2, -0.15) is 13.2 Å². The van der Waals surface area contributed by atoms with Crippen molar-refractivity contribution in [1.82, 2.24) is 14.8 Å². The van der Waals surface area contributed by atoms with Gasteiger partial charge in [0.05, 0.1) is 12.7 Å². The summed E-state index contributed by atoms with van der Waals surface area (Å²) >= 11 is 0.710. The second kappa shape index (κ2) is 6.95. The van der Waals surface area contributed by atoms with Crippen molar-refractivity contribution >= 4 is 17.2 Å². The number of alkyl halides is 3. The third-order valence-electron chi connectivity index (χ3n) is 3.86. The van der Waals surface area contributed by atoms with Crippen LogP contribution in [0.1, 0.15) is 29.1 Å². The van der Waals surface area contributed by atoms with Crippen molar-refractivity contribution in [1.29, 1.82) is 0 Å². The van der Waals surface area contributed by atoms with Crippen molar-refractivity contribution in [3.8, 4) is 0 Å². The van der Waals surface area contributed by atoms with Crippen LogP contribution in [0, 0.1) is 5.92 Å². The molecule has 2 heterocycles. The molecule has 1 aliphatic heterocycles. The molecule has 124 valence electrons. The normalized spacial score (nSPS) is 17.7. The quantitative estimate of drug-likeness (QED) is 0.849. The maximum atomic E-state index is 12.5. The van der Waals surface area contributed by atoms with Gasteiger partial charge < -0.3 is 4.90 Å². The summed E-state index contributed by atoms with van der Waals surface area (Å²) < 4.78 is 37.6. The predicted molar refractivity (Wildman–Crippen MR) is 78.4 cm³/mol. The molecule has 0 unspecified atom stereocenters. The monoisotopic (exact) mass is 335 g/mol. The fourth-order valence-corrected chi connectivity index (χ4v) is 3.31. The van der Waals surface area contributed by atoms with Gasteiger partial charge in [0.1, 0.15) is 9.88 Å². The average Bonchev–Trinajstić information content (AvgIpc) is 2.89. The molecule has 1 aliphatic rings. The van der Waals surface area contributed by atoms with Crippen LogP contribution in [-0.2, 0) is 17.5 Å². The Morgan fingerprint density at radius 2 is 2.05 bits per heavy atom. The van der Waals surface area contributed by atoms with Crippen LogP contribution in [0.3, 0.4) is 0 Å². The number of rotatable bonds is 4. The zero-order valence-corrected chi connectivity index (χ0v) is 13.5. The van der Waals surface area contributed by atoms with Crippen LogP contribution in [0.5, 0.6) is 0 Å². The van der Waals surface area contributed by atoms with Crippen molar-refractivity contribution in [3.05, 3.63) is 16.1 Å². The number of amides is 1. The first kappa shape index (κ1) is 17.2. The van der Waals surface area contributed by atoms with E-state index in [1.54, 1.807) is 19.0 Å². The van der Waals surface area contributed by atoms with E-state index in [4.69, 9.17) is 0 Å². The Labute approximate surface area is 131 Å². The van der Waals surface area contributed by atoms with Crippen LogP contribution in [0.4, 0.5) is 13.2 Å². The Hall–Kier alpha value is -1.15. The number of aromatic nitrogens is 1. The Balaban J connectivity index is 1.80. The molecule has 0 atom stereocenters. The Morgan fingerprint density at radius 3 is 2.55 bits per heavy atom. The van der Waals surface area contributed by atoms with E-state index in [2.05, 4.69) is 9.88 Å². The summed E-state index contributed by atoms with van der Waals surface area (Å²) in [6, 6.07) is 0. The van der Waals surface area contributed by atoms with Crippen molar-refractivity contribution in [2.75, 3.05) is 27.2 Å². The molecule has 1 aromatic rings. The number of piperidine rings is 1. The fraction of sp³-hybridized carbons (Fsp3) is 0.714. The summed E-state index contributed by atoms with van der Waals surface area (Å²) in [5.74, 6) is 0.501. The highest BCUT2D eigenvalue weighted by atomic mass is 32.1. The summed E-state index contributed by atoms with van der Waals surface area (Å²) in [4.78, 5) is 18.6. The lowest BCUT2D eigenvalue weighted by Gasteiger charge is -2.31. The van der Waals surface area contributed by atoms with Gasteiger partial charge in [-0.25, -0.2) is 4.98 Å². The molecule has 1 fully saturated rings. The molecule has 0 aliphatic carbocycles. The van der Waals surface area contributed by atoms with Gasteiger partial charge in [-0.15, -0.1) is 11.3 Å². The summed E-state index contributed by atoms with van der Waals surface area (Å²) in [6.45, 7) is 2.05. The fourth-order valence-electron chi connectivity index (χ4n) is 2.48. The van der Waals surface area contributed by atoms with Crippen LogP contribution < -0.4 is 0 Å². The molecule has 1 aromatic heterocycles. The minimum atomic E-state index is -4.31. The number of carbonyl (C=O) groups is 1. The molecule has 0 aromatic carbocycles. The van der Waals surface area contributed by atoms with E-state index in [1.165, 1.54) is 0 Å². The van der Waals surface area contributed by atoms with Crippen molar-refractivity contribution in [2.45, 2.75) is 32.0 Å². The average molecular weight is 335 g/mol. The lowest BCUT2D eigenvalue weighted by molar-refractivity contribution is -0.134. The van der Waals surface area contributed by atoms with Gasteiger partial charge in [-0.3, -0.25) is 9.69 Å². The van der Waals surface area contributed by atoms with Crippen LogP contribution in [0.2, 0.25) is 0 Å². The van der Waals surface area contributed by atoms with Crippen LogP contribution in [0.15, 0.2) is 6.20 Å². The molecule has 0 saturated carbocycles. The Kier molecular flexibility index (Phi) is 5.44. The van der Waals surface area contributed by atoms with Gasteiger partial charge in [0.2, 0.25) is 5.91 Å². The first-order chi connectivity index (χ1) is 10.3. The molecule has 0 N–H and O–H groups in total. The van der Waals surface area contributed by atoms with E-state index in [9.17, 15) is 18.0 Å². The van der Waals surface area contributed by atoms with Gasteiger partial charge >= 0.3 is 6.18 Å². The van der Waals surface area contributed by atoms with Gasteiger partial charge in [-0.1, -0.05) is 0 Å². The van der Waals surface area contributed by atoms with E-state index in [0.717, 1.165) is 32.1 Å². The minimum Gasteiger partial charge on any atom is -0.349 e. The highest BCUT2D eigenvalue weighted by Crippen LogP contribution is 2.34. The molecule has 0 bridgehead atoms. The molecule has 1 saturated heterocycles. The number of hydrogen-bond donors (Lipinski definition) is 0.